The van der Waals surface area contributed by atoms with Gasteiger partial charge in [-0.3, -0.25) is 0 Å². The van der Waals surface area contributed by atoms with Crippen LogP contribution in [0.5, 0.6) is 11.5 Å². The minimum atomic E-state index is -0.848. The Morgan fingerprint density at radius 1 is 0.600 bits per heavy atom. The van der Waals surface area contributed by atoms with Crippen LogP contribution in [0.4, 0.5) is 0 Å². The molecule has 3 heteroatoms. The summed E-state index contributed by atoms with van der Waals surface area (Å²) in [5.41, 5.74) is 1.75. The van der Waals surface area contributed by atoms with Gasteiger partial charge in [-0.2, -0.15) is 0 Å². The molecule has 5 aromatic carbocycles. The molecule has 0 spiro atoms. The number of benzene rings is 5. The Labute approximate surface area is 177 Å². The van der Waals surface area contributed by atoms with Gasteiger partial charge >= 0.3 is 0 Å². The van der Waals surface area contributed by atoms with E-state index in [0.29, 0.717) is 0 Å². The number of fused-ring (bicyclic) bond motifs is 2. The smallest absolute Gasteiger partial charge is 0.132 e. The summed E-state index contributed by atoms with van der Waals surface area (Å²) >= 11 is 0. The third-order valence-electron chi connectivity index (χ3n) is 5.40. The van der Waals surface area contributed by atoms with Gasteiger partial charge in [0.05, 0.1) is 0 Å². The molecule has 0 bridgehead atoms. The average molecular weight is 408 g/mol. The van der Waals surface area contributed by atoms with E-state index in [1.807, 2.05) is 54.6 Å². The predicted molar refractivity (Wildman–Crippen MR) is 128 cm³/mol. The van der Waals surface area contributed by atoms with Gasteiger partial charge in [0, 0.05) is 16.4 Å². The summed E-state index contributed by atoms with van der Waals surface area (Å²) < 4.78 is 6.55. The first-order valence-corrected chi connectivity index (χ1v) is 11.6. The number of aromatic hydroxyl groups is 1. The molecule has 0 amide bonds. The first-order valence-electron chi connectivity index (χ1n) is 9.92. The van der Waals surface area contributed by atoms with Crippen molar-refractivity contribution in [3.05, 3.63) is 103 Å². The fourth-order valence-corrected chi connectivity index (χ4v) is 5.09. The highest BCUT2D eigenvalue weighted by molar-refractivity contribution is 7.60. The van der Waals surface area contributed by atoms with Crippen molar-refractivity contribution in [1.29, 1.82) is 0 Å². The number of phenolic OH excluding ortho intramolecular Hbond substituents is 1. The van der Waals surface area contributed by atoms with Crippen LogP contribution in [0.25, 0.3) is 32.7 Å². The van der Waals surface area contributed by atoms with Crippen LogP contribution in [-0.2, 0) is 0 Å². The predicted octanol–water partition coefficient (Wildman–Crippen LogP) is 7.10. The number of rotatable bonds is 4. The van der Waals surface area contributed by atoms with Crippen molar-refractivity contribution in [3.8, 4) is 22.6 Å². The number of hydrogen-bond acceptors (Lipinski definition) is 2. The van der Waals surface area contributed by atoms with Crippen LogP contribution < -0.4 is 9.83 Å². The fraction of sp³-hybridized carbons (Fsp3) is 0.0370. The lowest BCUT2D eigenvalue weighted by Crippen LogP contribution is -2.04. The molecular formula is C27H21O2P. The van der Waals surface area contributed by atoms with Crippen molar-refractivity contribution in [3.63, 3.8) is 0 Å². The van der Waals surface area contributed by atoms with Crippen molar-refractivity contribution >= 4 is 35.0 Å². The van der Waals surface area contributed by atoms with Gasteiger partial charge in [0.1, 0.15) is 19.6 Å². The maximum Gasteiger partial charge on any atom is 0.132 e. The Kier molecular flexibility index (Phi) is 4.86. The molecule has 146 valence electrons. The number of phenols is 1. The van der Waals surface area contributed by atoms with E-state index in [1.54, 1.807) is 6.07 Å². The second kappa shape index (κ2) is 7.82. The molecule has 1 N–H and O–H groups in total. The molecule has 1 unspecified atom stereocenters. The van der Waals surface area contributed by atoms with Gasteiger partial charge in [-0.15, -0.1) is 0 Å². The van der Waals surface area contributed by atoms with Crippen molar-refractivity contribution in [2.75, 3.05) is 6.66 Å². The van der Waals surface area contributed by atoms with E-state index >= 15 is 0 Å². The second-order valence-corrected chi connectivity index (χ2v) is 8.96. The third kappa shape index (κ3) is 3.30. The Bertz CT molecular complexity index is 1350. The summed E-state index contributed by atoms with van der Waals surface area (Å²) in [5.74, 6) is 1.05. The molecule has 2 nitrogen and oxygen atoms in total. The van der Waals surface area contributed by atoms with Crippen molar-refractivity contribution in [2.24, 2.45) is 0 Å². The van der Waals surface area contributed by atoms with Crippen LogP contribution in [0, 0.1) is 0 Å². The van der Waals surface area contributed by atoms with E-state index in [4.69, 9.17) is 4.52 Å². The topological polar surface area (TPSA) is 29.5 Å². The highest BCUT2D eigenvalue weighted by atomic mass is 31.1. The van der Waals surface area contributed by atoms with Gasteiger partial charge < -0.3 is 9.63 Å². The zero-order valence-electron chi connectivity index (χ0n) is 16.6. The van der Waals surface area contributed by atoms with Gasteiger partial charge in [0.2, 0.25) is 0 Å². The molecule has 0 aliphatic rings. The number of hydrogen-bond donors (Lipinski definition) is 1. The maximum atomic E-state index is 10.9. The van der Waals surface area contributed by atoms with Crippen molar-refractivity contribution in [2.45, 2.75) is 0 Å². The van der Waals surface area contributed by atoms with Crippen molar-refractivity contribution in [1.82, 2.24) is 0 Å². The monoisotopic (exact) mass is 408 g/mol. The zero-order chi connectivity index (χ0) is 20.5. The van der Waals surface area contributed by atoms with E-state index in [9.17, 15) is 5.11 Å². The zero-order valence-corrected chi connectivity index (χ0v) is 17.5. The van der Waals surface area contributed by atoms with E-state index in [2.05, 4.69) is 49.1 Å². The van der Waals surface area contributed by atoms with E-state index in [1.165, 1.54) is 5.30 Å². The van der Waals surface area contributed by atoms with Crippen LogP contribution in [0.15, 0.2) is 103 Å². The molecule has 0 fully saturated rings. The molecular weight excluding hydrogens is 387 g/mol. The molecule has 5 rings (SSSR count). The largest absolute Gasteiger partial charge is 0.507 e. The first-order chi connectivity index (χ1) is 14.7. The van der Waals surface area contributed by atoms with Crippen molar-refractivity contribution < 1.29 is 9.63 Å². The van der Waals surface area contributed by atoms with Gasteiger partial charge in [-0.1, -0.05) is 91.0 Å². The Balaban J connectivity index is 1.77. The Morgan fingerprint density at radius 2 is 1.17 bits per heavy atom. The van der Waals surface area contributed by atoms with Crippen LogP contribution in [0.3, 0.4) is 0 Å². The summed E-state index contributed by atoms with van der Waals surface area (Å²) in [6.07, 6.45) is 0. The molecule has 0 heterocycles. The van der Waals surface area contributed by atoms with Crippen LogP contribution >= 0.6 is 8.15 Å². The van der Waals surface area contributed by atoms with Crippen LogP contribution in [0.2, 0.25) is 0 Å². The second-order valence-electron chi connectivity index (χ2n) is 7.26. The third-order valence-corrected chi connectivity index (χ3v) is 6.90. The molecule has 5 aromatic rings. The molecule has 0 radical (unpaired) electrons. The Morgan fingerprint density at radius 3 is 1.87 bits per heavy atom. The molecule has 0 aliphatic heterocycles. The Hall–Kier alpha value is -3.35. The van der Waals surface area contributed by atoms with Gasteiger partial charge in [0.25, 0.3) is 0 Å². The lowest BCUT2D eigenvalue weighted by atomic mass is 9.92. The van der Waals surface area contributed by atoms with E-state index in [-0.39, 0.29) is 5.75 Å². The van der Waals surface area contributed by atoms with Gasteiger partial charge in [-0.25, -0.2) is 0 Å². The van der Waals surface area contributed by atoms with E-state index < -0.39 is 8.15 Å². The quantitative estimate of drug-likeness (QED) is 0.322. The SMILES string of the molecule is CP(Oc1ccc2ccccc2c1-c1c(O)ccc2ccccc12)c1ccccc1. The minimum absolute atomic E-state index is 0.259. The van der Waals surface area contributed by atoms with Gasteiger partial charge in [-0.05, 0) is 40.3 Å². The maximum absolute atomic E-state index is 10.9. The molecule has 0 saturated heterocycles. The van der Waals surface area contributed by atoms with Crippen LogP contribution in [-0.4, -0.2) is 11.8 Å². The lowest BCUT2D eigenvalue weighted by molar-refractivity contribution is 0.478. The molecule has 30 heavy (non-hydrogen) atoms. The molecule has 0 aliphatic carbocycles. The highest BCUT2D eigenvalue weighted by Gasteiger charge is 2.19. The summed E-state index contributed by atoms with van der Waals surface area (Å²) in [6, 6.07) is 34.5. The summed E-state index contributed by atoms with van der Waals surface area (Å²) in [6.45, 7) is 2.12. The standard InChI is InChI=1S/C27H21O2P/c1-30(21-11-3-2-4-12-21)29-25-18-16-20-10-6-8-14-23(20)27(25)26-22-13-7-5-9-19(22)15-17-24(26)28/h2-18,28H,1H3. The molecule has 0 saturated carbocycles. The lowest BCUT2D eigenvalue weighted by Gasteiger charge is -2.20. The summed E-state index contributed by atoms with van der Waals surface area (Å²) in [5, 5.41) is 16.4. The highest BCUT2D eigenvalue weighted by Crippen LogP contribution is 2.47. The fourth-order valence-electron chi connectivity index (χ4n) is 3.95. The molecule has 1 atom stereocenters. The normalized spacial score (nSPS) is 12.2. The summed E-state index contributed by atoms with van der Waals surface area (Å²) in [4.78, 5) is 0. The first kappa shape index (κ1) is 18.7. The van der Waals surface area contributed by atoms with Crippen LogP contribution in [0.1, 0.15) is 0 Å². The minimum Gasteiger partial charge on any atom is -0.507 e. The summed E-state index contributed by atoms with van der Waals surface area (Å²) in [7, 11) is -0.848. The van der Waals surface area contributed by atoms with Gasteiger partial charge in [0.15, 0.2) is 0 Å². The molecule has 0 aromatic heterocycles. The average Bonchev–Trinajstić information content (AvgIpc) is 2.80. The van der Waals surface area contributed by atoms with E-state index in [0.717, 1.165) is 38.4 Å².